The van der Waals surface area contributed by atoms with Crippen molar-refractivity contribution in [1.82, 2.24) is 19.9 Å². The van der Waals surface area contributed by atoms with Crippen molar-refractivity contribution in [3.8, 4) is 23.0 Å². The number of non-ortho nitro benzene ring substituents is 4. The second-order valence-corrected chi connectivity index (χ2v) is 14.5. The van der Waals surface area contributed by atoms with Crippen LogP contribution in [0.1, 0.15) is 45.0 Å². The van der Waals surface area contributed by atoms with Crippen molar-refractivity contribution in [1.29, 1.82) is 0 Å². The van der Waals surface area contributed by atoms with Crippen LogP contribution in [0.15, 0.2) is 121 Å². The lowest BCUT2D eigenvalue weighted by Crippen LogP contribution is -2.19. The number of aromatic nitrogens is 4. The van der Waals surface area contributed by atoms with Gasteiger partial charge in [-0.05, 0) is 72.8 Å². The van der Waals surface area contributed by atoms with Crippen LogP contribution in [-0.2, 0) is 0 Å². The quantitative estimate of drug-likeness (QED) is 0.0758. The number of nitrogens with zero attached hydrogens (tertiary/aromatic N) is 4. The smallest absolute Gasteiger partial charge is 0.270 e. The summed E-state index contributed by atoms with van der Waals surface area (Å²) in [5, 5.41) is 94.4. The number of hydrogen-bond acceptors (Lipinski definition) is 12. The molecule has 4 aromatic heterocycles. The van der Waals surface area contributed by atoms with E-state index in [-0.39, 0.29) is 134 Å². The predicted molar refractivity (Wildman–Crippen MR) is 227 cm³/mol. The van der Waals surface area contributed by atoms with Gasteiger partial charge in [0.25, 0.3) is 22.7 Å². The highest BCUT2D eigenvalue weighted by Gasteiger charge is 2.25. The third-order valence-electron chi connectivity index (χ3n) is 10.7. The van der Waals surface area contributed by atoms with E-state index < -0.39 is 19.7 Å². The van der Waals surface area contributed by atoms with E-state index >= 15 is 0 Å². The Morgan fingerprint density at radius 2 is 0.531 bits per heavy atom. The molecule has 5 heterocycles. The van der Waals surface area contributed by atoms with Crippen molar-refractivity contribution in [2.45, 2.75) is 0 Å². The Labute approximate surface area is 355 Å². The molecular formula is C44H28N8O12. The van der Waals surface area contributed by atoms with Crippen molar-refractivity contribution in [2.24, 2.45) is 0 Å². The lowest BCUT2D eigenvalue weighted by Gasteiger charge is -2.12. The van der Waals surface area contributed by atoms with Gasteiger partial charge >= 0.3 is 0 Å². The van der Waals surface area contributed by atoms with Crippen molar-refractivity contribution in [2.75, 3.05) is 0 Å². The molecule has 316 valence electrons. The monoisotopic (exact) mass is 860 g/mol. The highest BCUT2D eigenvalue weighted by Crippen LogP contribution is 2.37. The van der Waals surface area contributed by atoms with E-state index in [1.165, 1.54) is 0 Å². The average molecular weight is 861 g/mol. The molecule has 0 atom stereocenters. The number of phenolic OH excluding ortho intramolecular Hbond substituents is 4. The van der Waals surface area contributed by atoms with Crippen molar-refractivity contribution >= 4 is 45.0 Å². The van der Waals surface area contributed by atoms with Gasteiger partial charge in [-0.1, -0.05) is 0 Å². The molecule has 0 saturated carbocycles. The van der Waals surface area contributed by atoms with Crippen LogP contribution in [0.3, 0.4) is 0 Å². The van der Waals surface area contributed by atoms with E-state index in [2.05, 4.69) is 19.9 Å². The molecule has 0 amide bonds. The summed E-state index contributed by atoms with van der Waals surface area (Å²) in [7, 11) is 0. The molecule has 0 spiro atoms. The number of benzene rings is 4. The van der Waals surface area contributed by atoms with Gasteiger partial charge in [0.2, 0.25) is 0 Å². The zero-order chi connectivity index (χ0) is 45.1. The predicted octanol–water partition coefficient (Wildman–Crippen LogP) is 4.76. The first kappa shape index (κ1) is 39.7. The highest BCUT2D eigenvalue weighted by molar-refractivity contribution is 5.88. The van der Waals surface area contributed by atoms with Gasteiger partial charge in [-0.3, -0.25) is 40.5 Å². The number of aromatic amines is 4. The Bertz CT molecular complexity index is 3140. The van der Waals surface area contributed by atoms with Crippen LogP contribution >= 0.6 is 0 Å². The Morgan fingerprint density at radius 1 is 0.312 bits per heavy atom. The molecule has 9 rings (SSSR count). The van der Waals surface area contributed by atoms with Gasteiger partial charge < -0.3 is 40.4 Å². The van der Waals surface area contributed by atoms with E-state index in [0.29, 0.717) is 0 Å². The molecule has 0 radical (unpaired) electrons. The third-order valence-corrected chi connectivity index (χ3v) is 10.7. The maximum Gasteiger partial charge on any atom is 0.270 e. The lowest BCUT2D eigenvalue weighted by molar-refractivity contribution is -0.385. The summed E-state index contributed by atoms with van der Waals surface area (Å²) in [5.74, 6) is -1.45. The minimum Gasteiger partial charge on any atom is -0.507 e. The number of fused-ring (bicyclic) bond motifs is 8. The summed E-state index contributed by atoms with van der Waals surface area (Å²) in [5.41, 5.74) is 0.0868. The minimum atomic E-state index is -0.641. The number of nitrogens with one attached hydrogen (secondary N) is 4. The topological polar surface area (TPSA) is 317 Å². The Hall–Kier alpha value is -9.72. The minimum absolute atomic E-state index is 0.0167. The van der Waals surface area contributed by atoms with Gasteiger partial charge in [0.1, 0.15) is 23.0 Å². The van der Waals surface area contributed by atoms with Crippen LogP contribution in [-0.4, -0.2) is 60.1 Å². The number of H-pyrrole nitrogens is 4. The van der Waals surface area contributed by atoms with Gasteiger partial charge in [0.15, 0.2) is 0 Å². The van der Waals surface area contributed by atoms with E-state index in [1.807, 2.05) is 0 Å². The molecule has 20 heteroatoms. The number of nitro benzene ring substituents is 4. The van der Waals surface area contributed by atoms with Gasteiger partial charge in [0.05, 0.1) is 19.7 Å². The molecular weight excluding hydrogens is 833 g/mol. The first-order valence-electron chi connectivity index (χ1n) is 18.8. The molecule has 4 aromatic carbocycles. The fourth-order valence-electron chi connectivity index (χ4n) is 7.84. The maximum atomic E-state index is 12.0. The number of nitro groups is 4. The van der Waals surface area contributed by atoms with Crippen LogP contribution in [0.25, 0.3) is 22.3 Å². The molecule has 8 N–H and O–H groups in total. The maximum absolute atomic E-state index is 12.0. The molecule has 0 aliphatic carbocycles. The van der Waals surface area contributed by atoms with Crippen LogP contribution in [0.5, 0.6) is 23.0 Å². The van der Waals surface area contributed by atoms with Crippen LogP contribution in [0, 0.1) is 40.5 Å². The standard InChI is InChI=1S/C44H28N8O12/c53-37-13-1-21(49(57)58)17-25(37)41-29-5-7-31(45-29)42(26-18-22(50(59)60)2-14-38(26)54)33-9-11-35(47-33)44(28-20-24(52(63)64)4-16-40(28)56)36-12-10-34(48-36)43(32-8-6-30(41)46-32)27-19-23(51(61)62)3-15-39(27)55/h1-20,45-48,53-56H. The zero-order valence-electron chi connectivity index (χ0n) is 32.4. The van der Waals surface area contributed by atoms with Crippen molar-refractivity contribution in [3.05, 3.63) is 228 Å². The first-order chi connectivity index (χ1) is 30.7. The number of hydrogen-bond donors (Lipinski definition) is 8. The van der Waals surface area contributed by atoms with Gasteiger partial charge in [0, 0.05) is 137 Å². The fraction of sp³-hybridized carbons (Fsp3) is 0. The number of aromatic hydroxyl groups is 4. The van der Waals surface area contributed by atoms with E-state index in [4.69, 9.17) is 0 Å². The largest absolute Gasteiger partial charge is 0.507 e. The average Bonchev–Trinajstić information content (AvgIpc) is 4.11. The number of phenols is 4. The Balaban J connectivity index is 1.49. The number of rotatable bonds is 8. The first-order valence-corrected chi connectivity index (χ1v) is 18.8. The second-order valence-electron chi connectivity index (χ2n) is 14.5. The third kappa shape index (κ3) is 6.79. The summed E-state index contributed by atoms with van der Waals surface area (Å²) in [4.78, 5) is 58.7. The van der Waals surface area contributed by atoms with Crippen LogP contribution < -0.4 is 21.4 Å². The second kappa shape index (κ2) is 15.1. The van der Waals surface area contributed by atoms with Crippen LogP contribution in [0.4, 0.5) is 22.7 Å². The molecule has 20 nitrogen and oxygen atoms in total. The van der Waals surface area contributed by atoms with Gasteiger partial charge in [-0.2, -0.15) is 0 Å². The summed E-state index contributed by atoms with van der Waals surface area (Å²) >= 11 is 0. The molecule has 0 saturated heterocycles. The summed E-state index contributed by atoms with van der Waals surface area (Å²) in [6, 6.07) is 26.3. The van der Waals surface area contributed by atoms with Gasteiger partial charge in [-0.25, -0.2) is 0 Å². The molecule has 8 aromatic rings. The zero-order valence-corrected chi connectivity index (χ0v) is 32.4. The van der Waals surface area contributed by atoms with Crippen molar-refractivity contribution < 1.29 is 40.1 Å². The normalized spacial score (nSPS) is 12.4. The fourth-order valence-corrected chi connectivity index (χ4v) is 7.84. The molecule has 8 bridgehead atoms. The molecule has 64 heavy (non-hydrogen) atoms. The SMILES string of the molecule is O=[N+]([O-])c1ccc(O)c(C2=c3ccc([nH]3)=C(c3cc([N+](=O)[O-])ccc3O)c3ccc([nH]3)C(c3cc([N+](=O)[O-])ccc3O)=c3ccc([nH]3)=C(c3cc([N+](=O)[O-])ccc3O)c3ccc2[nH]3)c1. The Kier molecular flexibility index (Phi) is 9.36. The lowest BCUT2D eigenvalue weighted by atomic mass is 10.0. The summed E-state index contributed by atoms with van der Waals surface area (Å²) in [6.45, 7) is 0. The van der Waals surface area contributed by atoms with E-state index in [1.54, 1.807) is 48.5 Å². The summed E-state index contributed by atoms with van der Waals surface area (Å²) < 4.78 is 0. The molecule has 1 aliphatic rings. The highest BCUT2D eigenvalue weighted by atomic mass is 16.6. The van der Waals surface area contributed by atoms with E-state index in [9.17, 15) is 60.9 Å². The van der Waals surface area contributed by atoms with Crippen LogP contribution in [0.2, 0.25) is 0 Å². The Morgan fingerprint density at radius 3 is 0.734 bits per heavy atom. The summed E-state index contributed by atoms with van der Waals surface area (Å²) in [6.07, 6.45) is 0. The molecule has 0 fully saturated rings. The van der Waals surface area contributed by atoms with E-state index in [0.717, 1.165) is 72.8 Å². The van der Waals surface area contributed by atoms with Crippen molar-refractivity contribution in [3.63, 3.8) is 0 Å². The molecule has 0 unspecified atom stereocenters. The molecule has 1 aliphatic heterocycles. The van der Waals surface area contributed by atoms with Gasteiger partial charge in [-0.15, -0.1) is 0 Å².